The molecule has 7 nitrogen and oxygen atoms in total. The summed E-state index contributed by atoms with van der Waals surface area (Å²) in [6.07, 6.45) is 4.76. The summed E-state index contributed by atoms with van der Waals surface area (Å²) in [6, 6.07) is 21.8. The lowest BCUT2D eigenvalue weighted by atomic mass is 10.1. The van der Waals surface area contributed by atoms with Gasteiger partial charge in [0.1, 0.15) is 24.2 Å². The van der Waals surface area contributed by atoms with Gasteiger partial charge in [-0.1, -0.05) is 41.4 Å². The first-order chi connectivity index (χ1) is 18.0. The highest BCUT2D eigenvalue weighted by molar-refractivity contribution is 6.32. The average molecular weight is 528 g/mol. The maximum atomic E-state index is 9.73. The standard InChI is InChI=1S/C28H19Cl2N5O2/c29-22-4-2-1-3-17(22)16-36-26-6-5-19(11-23(26)30)35-28-18(14-31)15-34-25-13-27(24(32)12-21(25)28)37-20-7-9-33-10-8-20/h1-13,15H,16,32H2,(H,34,35). The zero-order chi connectivity index (χ0) is 25.8. The van der Waals surface area contributed by atoms with Crippen LogP contribution in [0.2, 0.25) is 10.0 Å². The van der Waals surface area contributed by atoms with Crippen LogP contribution in [-0.4, -0.2) is 9.97 Å². The van der Waals surface area contributed by atoms with Crippen molar-refractivity contribution in [2.45, 2.75) is 6.61 Å². The SMILES string of the molecule is N#Cc1cnc2cc(Oc3ccncc3)c(N)cc2c1Nc1ccc(OCc2ccccc2Cl)c(Cl)c1. The number of benzene rings is 3. The maximum absolute atomic E-state index is 9.73. The minimum Gasteiger partial charge on any atom is -0.487 e. The Morgan fingerprint density at radius 2 is 1.76 bits per heavy atom. The van der Waals surface area contributed by atoms with E-state index in [0.29, 0.717) is 60.8 Å². The van der Waals surface area contributed by atoms with Gasteiger partial charge in [0.05, 0.1) is 27.5 Å². The van der Waals surface area contributed by atoms with Crippen LogP contribution in [0.4, 0.5) is 17.1 Å². The molecule has 0 amide bonds. The molecule has 9 heteroatoms. The zero-order valence-electron chi connectivity index (χ0n) is 19.3. The summed E-state index contributed by atoms with van der Waals surface area (Å²) in [6.45, 7) is 0.281. The summed E-state index contributed by atoms with van der Waals surface area (Å²) >= 11 is 12.7. The number of nitriles is 1. The number of nitrogens with two attached hydrogens (primary N) is 1. The number of rotatable bonds is 7. The molecule has 0 aliphatic carbocycles. The Kier molecular flexibility index (Phi) is 6.95. The fraction of sp³-hybridized carbons (Fsp3) is 0.0357. The first-order valence-corrected chi connectivity index (χ1v) is 11.9. The number of halogens is 2. The lowest BCUT2D eigenvalue weighted by Crippen LogP contribution is -2.00. The van der Waals surface area contributed by atoms with E-state index in [-0.39, 0.29) is 6.61 Å². The minimum absolute atomic E-state index is 0.281. The van der Waals surface area contributed by atoms with Crippen LogP contribution >= 0.6 is 23.2 Å². The van der Waals surface area contributed by atoms with Crippen molar-refractivity contribution >= 4 is 51.2 Å². The molecular weight excluding hydrogens is 509 g/mol. The zero-order valence-corrected chi connectivity index (χ0v) is 20.8. The quantitative estimate of drug-likeness (QED) is 0.211. The van der Waals surface area contributed by atoms with Crippen LogP contribution in [0.25, 0.3) is 10.9 Å². The normalized spacial score (nSPS) is 10.6. The Hall–Kier alpha value is -4.51. The summed E-state index contributed by atoms with van der Waals surface area (Å²) in [5, 5.41) is 14.7. The second kappa shape index (κ2) is 10.6. The van der Waals surface area contributed by atoms with Gasteiger partial charge in [-0.15, -0.1) is 0 Å². The number of anilines is 3. The van der Waals surface area contributed by atoms with E-state index < -0.39 is 0 Å². The molecule has 0 atom stereocenters. The van der Waals surface area contributed by atoms with Gasteiger partial charge in [0, 0.05) is 46.3 Å². The predicted octanol–water partition coefficient (Wildman–Crippen LogP) is 7.51. The summed E-state index contributed by atoms with van der Waals surface area (Å²) in [7, 11) is 0. The van der Waals surface area contributed by atoms with E-state index in [1.807, 2.05) is 30.3 Å². The molecule has 0 aliphatic heterocycles. The second-order valence-electron chi connectivity index (χ2n) is 8.00. The summed E-state index contributed by atoms with van der Waals surface area (Å²) in [5.41, 5.74) is 9.72. The van der Waals surface area contributed by atoms with Gasteiger partial charge in [0.15, 0.2) is 5.75 Å². The Morgan fingerprint density at radius 1 is 0.946 bits per heavy atom. The molecule has 5 rings (SSSR count). The van der Waals surface area contributed by atoms with E-state index in [1.54, 1.807) is 48.8 Å². The van der Waals surface area contributed by atoms with Gasteiger partial charge in [0.25, 0.3) is 0 Å². The number of ether oxygens (including phenoxy) is 2. The lowest BCUT2D eigenvalue weighted by Gasteiger charge is -2.15. The first kappa shape index (κ1) is 24.2. The van der Waals surface area contributed by atoms with Gasteiger partial charge in [-0.3, -0.25) is 9.97 Å². The summed E-state index contributed by atoms with van der Waals surface area (Å²) in [4.78, 5) is 8.41. The lowest BCUT2D eigenvalue weighted by molar-refractivity contribution is 0.306. The fourth-order valence-corrected chi connectivity index (χ4v) is 4.11. The van der Waals surface area contributed by atoms with Crippen LogP contribution < -0.4 is 20.5 Å². The number of hydrogen-bond donors (Lipinski definition) is 2. The molecule has 0 bridgehead atoms. The Balaban J connectivity index is 1.42. The van der Waals surface area contributed by atoms with Gasteiger partial charge in [-0.05, 0) is 42.5 Å². The maximum Gasteiger partial charge on any atom is 0.152 e. The van der Waals surface area contributed by atoms with Gasteiger partial charge in [0.2, 0.25) is 0 Å². The molecule has 182 valence electrons. The molecular formula is C28H19Cl2N5O2. The van der Waals surface area contributed by atoms with Gasteiger partial charge >= 0.3 is 0 Å². The van der Waals surface area contributed by atoms with E-state index in [2.05, 4.69) is 21.4 Å². The van der Waals surface area contributed by atoms with Gasteiger partial charge < -0.3 is 20.5 Å². The van der Waals surface area contributed by atoms with E-state index in [4.69, 9.17) is 38.4 Å². The van der Waals surface area contributed by atoms with Crippen molar-refractivity contribution in [2.75, 3.05) is 11.1 Å². The van der Waals surface area contributed by atoms with E-state index in [0.717, 1.165) is 5.56 Å². The monoisotopic (exact) mass is 527 g/mol. The Morgan fingerprint density at radius 3 is 2.51 bits per heavy atom. The molecule has 0 fully saturated rings. The molecule has 0 unspecified atom stereocenters. The molecule has 5 aromatic rings. The molecule has 3 N–H and O–H groups in total. The Bertz CT molecular complexity index is 1640. The molecule has 3 aromatic carbocycles. The third-order valence-electron chi connectivity index (χ3n) is 5.54. The molecule has 37 heavy (non-hydrogen) atoms. The van der Waals surface area contributed by atoms with Crippen molar-refractivity contribution in [3.05, 3.63) is 106 Å². The van der Waals surface area contributed by atoms with Crippen LogP contribution in [-0.2, 0) is 6.61 Å². The number of aromatic nitrogens is 2. The highest BCUT2D eigenvalue weighted by Gasteiger charge is 2.14. The fourth-order valence-electron chi connectivity index (χ4n) is 3.69. The topological polar surface area (TPSA) is 106 Å². The molecule has 2 heterocycles. The minimum atomic E-state index is 0.281. The summed E-state index contributed by atoms with van der Waals surface area (Å²) < 4.78 is 11.8. The van der Waals surface area contributed by atoms with Crippen molar-refractivity contribution < 1.29 is 9.47 Å². The van der Waals surface area contributed by atoms with Crippen molar-refractivity contribution in [1.82, 2.24) is 9.97 Å². The van der Waals surface area contributed by atoms with Crippen molar-refractivity contribution in [2.24, 2.45) is 0 Å². The number of nitrogens with one attached hydrogen (secondary N) is 1. The van der Waals surface area contributed by atoms with Crippen LogP contribution in [0.1, 0.15) is 11.1 Å². The smallest absolute Gasteiger partial charge is 0.152 e. The molecule has 0 saturated heterocycles. The largest absolute Gasteiger partial charge is 0.487 e. The van der Waals surface area contributed by atoms with Gasteiger partial charge in [-0.25, -0.2) is 0 Å². The predicted molar refractivity (Wildman–Crippen MR) is 146 cm³/mol. The molecule has 0 spiro atoms. The molecule has 0 radical (unpaired) electrons. The Labute approximate surface area is 223 Å². The highest BCUT2D eigenvalue weighted by Crippen LogP contribution is 2.37. The number of fused-ring (bicyclic) bond motifs is 1. The van der Waals surface area contributed by atoms with Crippen LogP contribution in [0.15, 0.2) is 85.3 Å². The summed E-state index contributed by atoms with van der Waals surface area (Å²) in [5.74, 6) is 1.55. The number of nitrogen functional groups attached to an aromatic ring is 1. The van der Waals surface area contributed by atoms with Crippen molar-refractivity contribution in [3.63, 3.8) is 0 Å². The van der Waals surface area contributed by atoms with Crippen LogP contribution in [0.3, 0.4) is 0 Å². The number of hydrogen-bond acceptors (Lipinski definition) is 7. The van der Waals surface area contributed by atoms with Gasteiger partial charge in [-0.2, -0.15) is 5.26 Å². The number of pyridine rings is 2. The van der Waals surface area contributed by atoms with E-state index in [9.17, 15) is 5.26 Å². The molecule has 0 aliphatic rings. The van der Waals surface area contributed by atoms with Crippen molar-refractivity contribution in [3.8, 4) is 23.3 Å². The van der Waals surface area contributed by atoms with Crippen LogP contribution in [0.5, 0.6) is 17.2 Å². The number of nitrogens with zero attached hydrogens (tertiary/aromatic N) is 3. The van der Waals surface area contributed by atoms with E-state index >= 15 is 0 Å². The molecule has 2 aromatic heterocycles. The second-order valence-corrected chi connectivity index (χ2v) is 8.82. The average Bonchev–Trinajstić information content (AvgIpc) is 2.90. The highest BCUT2D eigenvalue weighted by atomic mass is 35.5. The van der Waals surface area contributed by atoms with Crippen LogP contribution in [0, 0.1) is 11.3 Å². The van der Waals surface area contributed by atoms with E-state index in [1.165, 1.54) is 6.20 Å². The first-order valence-electron chi connectivity index (χ1n) is 11.1. The third kappa shape index (κ3) is 5.36. The third-order valence-corrected chi connectivity index (χ3v) is 6.20. The molecule has 0 saturated carbocycles. The van der Waals surface area contributed by atoms with Crippen molar-refractivity contribution in [1.29, 1.82) is 5.26 Å².